The van der Waals surface area contributed by atoms with Crippen molar-refractivity contribution in [1.29, 1.82) is 5.26 Å². The van der Waals surface area contributed by atoms with Crippen LogP contribution in [0.1, 0.15) is 33.3 Å². The highest BCUT2D eigenvalue weighted by atomic mass is 19.1. The third-order valence-electron chi connectivity index (χ3n) is 3.16. The number of amides is 1. The molecule has 0 aromatic heterocycles. The van der Waals surface area contributed by atoms with Crippen LogP contribution in [-0.4, -0.2) is 12.5 Å². The van der Waals surface area contributed by atoms with E-state index in [9.17, 15) is 9.18 Å². The Kier molecular flexibility index (Phi) is 4.31. The lowest BCUT2D eigenvalue weighted by molar-refractivity contribution is -0.127. The smallest absolute Gasteiger partial charge is 0.239 e. The van der Waals surface area contributed by atoms with Crippen molar-refractivity contribution in [2.45, 2.75) is 33.1 Å². The van der Waals surface area contributed by atoms with Gasteiger partial charge in [-0.2, -0.15) is 5.26 Å². The second kappa shape index (κ2) is 5.40. The van der Waals surface area contributed by atoms with Gasteiger partial charge in [-0.3, -0.25) is 4.79 Å². The largest absolute Gasteiger partial charge is 0.354 e. The summed E-state index contributed by atoms with van der Waals surface area (Å²) in [5, 5.41) is 11.7. The average molecular weight is 262 g/mol. The van der Waals surface area contributed by atoms with Crippen molar-refractivity contribution in [3.8, 4) is 6.07 Å². The van der Waals surface area contributed by atoms with Gasteiger partial charge in [-0.1, -0.05) is 26.0 Å². The van der Waals surface area contributed by atoms with Gasteiger partial charge in [-0.15, -0.1) is 0 Å². The third-order valence-corrected chi connectivity index (χ3v) is 3.16. The van der Waals surface area contributed by atoms with E-state index in [1.807, 2.05) is 19.9 Å². The zero-order valence-electron chi connectivity index (χ0n) is 11.7. The number of halogens is 1. The molecule has 0 aliphatic rings. The highest BCUT2D eigenvalue weighted by molar-refractivity contribution is 5.84. The van der Waals surface area contributed by atoms with Gasteiger partial charge in [0.2, 0.25) is 5.91 Å². The first-order chi connectivity index (χ1) is 8.69. The topological polar surface area (TPSA) is 52.9 Å². The van der Waals surface area contributed by atoms with E-state index in [1.165, 1.54) is 12.1 Å². The van der Waals surface area contributed by atoms with Crippen molar-refractivity contribution >= 4 is 5.91 Å². The number of nitrogens with one attached hydrogen (secondary N) is 1. The summed E-state index contributed by atoms with van der Waals surface area (Å²) in [7, 11) is 0. The average Bonchev–Trinajstić information content (AvgIpc) is 2.36. The molecule has 0 atom stereocenters. The fraction of sp³-hybridized carbons (Fsp3) is 0.467. The highest BCUT2D eigenvalue weighted by Crippen LogP contribution is 2.23. The Bertz CT molecular complexity index is 498. The number of nitriles is 1. The quantitative estimate of drug-likeness (QED) is 0.907. The summed E-state index contributed by atoms with van der Waals surface area (Å²) in [6.07, 6.45) is 0. The molecule has 0 saturated heterocycles. The maximum Gasteiger partial charge on any atom is 0.239 e. The van der Waals surface area contributed by atoms with Crippen LogP contribution in [0, 0.1) is 22.6 Å². The van der Waals surface area contributed by atoms with Gasteiger partial charge >= 0.3 is 0 Å². The molecule has 1 amide bonds. The molecule has 0 aliphatic carbocycles. The molecule has 1 aromatic rings. The molecule has 1 N–H and O–H groups in total. The van der Waals surface area contributed by atoms with E-state index in [4.69, 9.17) is 5.26 Å². The first kappa shape index (κ1) is 15.2. The number of carbonyl (C=O) groups excluding carboxylic acids is 1. The van der Waals surface area contributed by atoms with Crippen molar-refractivity contribution in [3.05, 3.63) is 35.6 Å². The third kappa shape index (κ3) is 3.78. The molecule has 0 unspecified atom stereocenters. The maximum absolute atomic E-state index is 12.9. The predicted octanol–water partition coefficient (Wildman–Crippen LogP) is 2.77. The molecule has 0 heterocycles. The van der Waals surface area contributed by atoms with Crippen LogP contribution < -0.4 is 5.32 Å². The van der Waals surface area contributed by atoms with E-state index in [-0.39, 0.29) is 17.1 Å². The van der Waals surface area contributed by atoms with E-state index >= 15 is 0 Å². The van der Waals surface area contributed by atoms with Crippen LogP contribution in [0.3, 0.4) is 0 Å². The predicted molar refractivity (Wildman–Crippen MR) is 71.8 cm³/mol. The zero-order valence-corrected chi connectivity index (χ0v) is 11.7. The Morgan fingerprint density at radius 2 is 1.79 bits per heavy atom. The van der Waals surface area contributed by atoms with Crippen molar-refractivity contribution in [2.75, 3.05) is 6.54 Å². The lowest BCUT2D eigenvalue weighted by Crippen LogP contribution is -2.42. The van der Waals surface area contributed by atoms with Gasteiger partial charge in [-0.25, -0.2) is 4.39 Å². The van der Waals surface area contributed by atoms with E-state index < -0.39 is 5.41 Å². The van der Waals surface area contributed by atoms with Crippen LogP contribution in [0.4, 0.5) is 4.39 Å². The summed E-state index contributed by atoms with van der Waals surface area (Å²) in [5.74, 6) is -0.584. The van der Waals surface area contributed by atoms with Crippen LogP contribution >= 0.6 is 0 Å². The Balaban J connectivity index is 2.74. The molecule has 0 bridgehead atoms. The fourth-order valence-corrected chi connectivity index (χ4v) is 1.58. The number of hydrogen-bond donors (Lipinski definition) is 1. The SMILES string of the molecule is CC(C)(C#N)C(=O)NCC(C)(C)c1ccc(F)cc1. The second-order valence-corrected chi connectivity index (χ2v) is 5.81. The first-order valence-electron chi connectivity index (χ1n) is 6.15. The Hall–Kier alpha value is -1.89. The Morgan fingerprint density at radius 1 is 1.26 bits per heavy atom. The minimum atomic E-state index is -1.04. The Morgan fingerprint density at radius 3 is 2.26 bits per heavy atom. The number of benzene rings is 1. The number of rotatable bonds is 4. The summed E-state index contributed by atoms with van der Waals surface area (Å²) in [4.78, 5) is 11.8. The molecule has 0 radical (unpaired) electrons. The van der Waals surface area contributed by atoms with Crippen molar-refractivity contribution in [2.24, 2.45) is 5.41 Å². The monoisotopic (exact) mass is 262 g/mol. The number of hydrogen-bond acceptors (Lipinski definition) is 2. The lowest BCUT2D eigenvalue weighted by atomic mass is 9.84. The van der Waals surface area contributed by atoms with Crippen LogP contribution in [-0.2, 0) is 10.2 Å². The van der Waals surface area contributed by atoms with Crippen LogP contribution in [0.5, 0.6) is 0 Å². The molecule has 102 valence electrons. The van der Waals surface area contributed by atoms with Gasteiger partial charge in [0, 0.05) is 12.0 Å². The first-order valence-corrected chi connectivity index (χ1v) is 6.15. The highest BCUT2D eigenvalue weighted by Gasteiger charge is 2.29. The molecular weight excluding hydrogens is 243 g/mol. The summed E-state index contributed by atoms with van der Waals surface area (Å²) in [6, 6.07) is 8.18. The summed E-state index contributed by atoms with van der Waals surface area (Å²) >= 11 is 0. The molecular formula is C15H19FN2O. The molecule has 0 saturated carbocycles. The Labute approximate surface area is 113 Å². The van der Waals surface area contributed by atoms with Gasteiger partial charge in [0.1, 0.15) is 11.2 Å². The van der Waals surface area contributed by atoms with E-state index in [2.05, 4.69) is 5.32 Å². The van der Waals surface area contributed by atoms with Gasteiger partial charge in [0.05, 0.1) is 6.07 Å². The van der Waals surface area contributed by atoms with Crippen LogP contribution in [0.2, 0.25) is 0 Å². The lowest BCUT2D eigenvalue weighted by Gasteiger charge is -2.27. The van der Waals surface area contributed by atoms with Gasteiger partial charge in [0.25, 0.3) is 0 Å². The van der Waals surface area contributed by atoms with Gasteiger partial charge in [-0.05, 0) is 31.5 Å². The molecule has 3 nitrogen and oxygen atoms in total. The minimum absolute atomic E-state index is 0.283. The summed E-state index contributed by atoms with van der Waals surface area (Å²) in [5.41, 5.74) is -0.433. The fourth-order valence-electron chi connectivity index (χ4n) is 1.58. The number of carbonyl (C=O) groups is 1. The molecule has 4 heteroatoms. The molecule has 19 heavy (non-hydrogen) atoms. The molecule has 0 aliphatic heterocycles. The summed E-state index contributed by atoms with van der Waals surface area (Å²) in [6.45, 7) is 7.46. The van der Waals surface area contributed by atoms with Crippen LogP contribution in [0.25, 0.3) is 0 Å². The van der Waals surface area contributed by atoms with E-state index in [0.29, 0.717) is 6.54 Å². The second-order valence-electron chi connectivity index (χ2n) is 5.81. The van der Waals surface area contributed by atoms with Crippen molar-refractivity contribution in [1.82, 2.24) is 5.32 Å². The van der Waals surface area contributed by atoms with Gasteiger partial charge in [0.15, 0.2) is 0 Å². The normalized spacial score (nSPS) is 11.8. The molecule has 1 aromatic carbocycles. The van der Waals surface area contributed by atoms with Crippen LogP contribution in [0.15, 0.2) is 24.3 Å². The maximum atomic E-state index is 12.9. The molecule has 1 rings (SSSR count). The molecule has 0 spiro atoms. The van der Waals surface area contributed by atoms with E-state index in [1.54, 1.807) is 26.0 Å². The standard InChI is InChI=1S/C15H19FN2O/c1-14(2,9-17)13(19)18-10-15(3,4)11-5-7-12(16)8-6-11/h5-8H,10H2,1-4H3,(H,18,19). The minimum Gasteiger partial charge on any atom is -0.354 e. The zero-order chi connectivity index (χ0) is 14.7. The summed E-state index contributed by atoms with van der Waals surface area (Å²) < 4.78 is 12.9. The van der Waals surface area contributed by atoms with Crippen molar-refractivity contribution < 1.29 is 9.18 Å². The van der Waals surface area contributed by atoms with Gasteiger partial charge < -0.3 is 5.32 Å². The van der Waals surface area contributed by atoms with Crippen molar-refractivity contribution in [3.63, 3.8) is 0 Å². The molecule has 0 fully saturated rings. The number of nitrogens with zero attached hydrogens (tertiary/aromatic N) is 1. The van der Waals surface area contributed by atoms with E-state index in [0.717, 1.165) is 5.56 Å².